The molecule has 0 amide bonds. The lowest BCUT2D eigenvalue weighted by molar-refractivity contribution is -0.00986. The fourth-order valence-electron chi connectivity index (χ4n) is 3.26. The topological polar surface area (TPSA) is 9.23 Å². The summed E-state index contributed by atoms with van der Waals surface area (Å²) in [5.41, 5.74) is 2.65. The molecule has 1 fully saturated rings. The van der Waals surface area contributed by atoms with Gasteiger partial charge >= 0.3 is 0 Å². The first kappa shape index (κ1) is 9.29. The molecule has 2 aliphatic rings. The fourth-order valence-corrected chi connectivity index (χ4v) is 3.26. The van der Waals surface area contributed by atoms with Crippen molar-refractivity contribution >= 4 is 0 Å². The van der Waals surface area contributed by atoms with E-state index in [1.54, 1.807) is 0 Å². The second kappa shape index (κ2) is 3.13. The molecule has 1 nitrogen and oxygen atoms in total. The van der Waals surface area contributed by atoms with Crippen LogP contribution >= 0.6 is 0 Å². The predicted molar refractivity (Wildman–Crippen MR) is 67.2 cm³/mol. The first-order valence-electron chi connectivity index (χ1n) is 6.24. The van der Waals surface area contributed by atoms with Gasteiger partial charge in [0.15, 0.2) is 0 Å². The second-order valence-corrected chi connectivity index (χ2v) is 4.99. The molecule has 0 bridgehead atoms. The lowest BCUT2D eigenvalue weighted by atomic mass is 9.64. The van der Waals surface area contributed by atoms with Crippen molar-refractivity contribution in [2.75, 3.05) is 0 Å². The Morgan fingerprint density at radius 3 is 2.47 bits per heavy atom. The zero-order valence-electron chi connectivity index (χ0n) is 9.60. The highest BCUT2D eigenvalue weighted by atomic mass is 16.5. The molecule has 2 aromatic carbocycles. The maximum atomic E-state index is 6.28. The monoisotopic (exact) mass is 222 g/mol. The van der Waals surface area contributed by atoms with Crippen LogP contribution in [0.1, 0.15) is 29.9 Å². The van der Waals surface area contributed by atoms with Gasteiger partial charge in [-0.15, -0.1) is 0 Å². The number of fused-ring (bicyclic) bond motifs is 3. The van der Waals surface area contributed by atoms with Gasteiger partial charge in [0.05, 0.1) is 0 Å². The van der Waals surface area contributed by atoms with Crippen LogP contribution in [0, 0.1) is 0 Å². The van der Waals surface area contributed by atoms with Gasteiger partial charge in [0.2, 0.25) is 0 Å². The van der Waals surface area contributed by atoms with Crippen molar-refractivity contribution < 1.29 is 4.74 Å². The van der Waals surface area contributed by atoms with Crippen LogP contribution in [-0.2, 0) is 5.60 Å². The maximum absolute atomic E-state index is 6.28. The third kappa shape index (κ3) is 1.09. The third-order valence-corrected chi connectivity index (χ3v) is 4.22. The van der Waals surface area contributed by atoms with Gasteiger partial charge in [-0.3, -0.25) is 0 Å². The van der Waals surface area contributed by atoms with Crippen LogP contribution in [0.3, 0.4) is 0 Å². The molecule has 1 heterocycles. The normalized spacial score (nSPS) is 28.8. The zero-order valence-corrected chi connectivity index (χ0v) is 9.60. The Morgan fingerprint density at radius 2 is 1.71 bits per heavy atom. The molecule has 1 aliphatic carbocycles. The minimum absolute atomic E-state index is 0.0645. The standard InChI is InChI=1S/C16H14O/c1-2-6-12(7-3-1)16-11-10-14(16)13-8-4-5-9-15(13)17-16/h1-9,14H,10-11H2/t14-,16+/m1/s1. The molecular weight excluding hydrogens is 208 g/mol. The van der Waals surface area contributed by atoms with Gasteiger partial charge in [0.1, 0.15) is 11.4 Å². The Balaban J connectivity index is 1.85. The van der Waals surface area contributed by atoms with E-state index in [-0.39, 0.29) is 5.60 Å². The Hall–Kier alpha value is -1.76. The number of hydrogen-bond acceptors (Lipinski definition) is 1. The molecule has 0 unspecified atom stereocenters. The molecule has 2 atom stereocenters. The summed E-state index contributed by atoms with van der Waals surface area (Å²) in [6, 6.07) is 19.1. The van der Waals surface area contributed by atoms with Gasteiger partial charge in [-0.05, 0) is 24.5 Å². The van der Waals surface area contributed by atoms with E-state index in [4.69, 9.17) is 4.74 Å². The van der Waals surface area contributed by atoms with Crippen molar-refractivity contribution in [3.8, 4) is 5.75 Å². The van der Waals surface area contributed by atoms with Crippen LogP contribution in [0.15, 0.2) is 54.6 Å². The van der Waals surface area contributed by atoms with E-state index in [1.807, 2.05) is 0 Å². The van der Waals surface area contributed by atoms with E-state index in [2.05, 4.69) is 54.6 Å². The molecule has 1 heteroatoms. The lowest BCUT2D eigenvalue weighted by Crippen LogP contribution is -2.43. The molecule has 84 valence electrons. The van der Waals surface area contributed by atoms with Crippen LogP contribution in [-0.4, -0.2) is 0 Å². The number of para-hydroxylation sites is 1. The summed E-state index contributed by atoms with van der Waals surface area (Å²) >= 11 is 0. The van der Waals surface area contributed by atoms with Gasteiger partial charge in [0.25, 0.3) is 0 Å². The minimum atomic E-state index is -0.0645. The third-order valence-electron chi connectivity index (χ3n) is 4.22. The largest absolute Gasteiger partial charge is 0.482 e. The Bertz CT molecular complexity index is 561. The predicted octanol–water partition coefficient (Wildman–Crippen LogP) is 3.85. The van der Waals surface area contributed by atoms with Crippen molar-refractivity contribution in [2.45, 2.75) is 24.4 Å². The summed E-state index contributed by atoms with van der Waals surface area (Å²) in [4.78, 5) is 0. The molecule has 1 aliphatic heterocycles. The van der Waals surface area contributed by atoms with E-state index in [0.717, 1.165) is 12.2 Å². The highest BCUT2D eigenvalue weighted by Crippen LogP contribution is 2.61. The SMILES string of the molecule is c1ccc([C@@]23CC[C@@H]2c2ccccc2O3)cc1. The molecule has 1 saturated carbocycles. The molecule has 4 rings (SSSR count). The van der Waals surface area contributed by atoms with Gasteiger partial charge in [-0.25, -0.2) is 0 Å². The molecule has 2 aromatic rings. The van der Waals surface area contributed by atoms with E-state index in [1.165, 1.54) is 17.5 Å². The zero-order chi connectivity index (χ0) is 11.3. The summed E-state index contributed by atoms with van der Waals surface area (Å²) < 4.78 is 6.28. The number of hydrogen-bond donors (Lipinski definition) is 0. The number of rotatable bonds is 1. The molecular formula is C16H14O. The van der Waals surface area contributed by atoms with Gasteiger partial charge in [-0.1, -0.05) is 48.5 Å². The van der Waals surface area contributed by atoms with Crippen LogP contribution in [0.25, 0.3) is 0 Å². The van der Waals surface area contributed by atoms with Crippen LogP contribution < -0.4 is 4.74 Å². The average Bonchev–Trinajstić information content (AvgIpc) is 2.59. The van der Waals surface area contributed by atoms with Gasteiger partial charge in [-0.2, -0.15) is 0 Å². The van der Waals surface area contributed by atoms with Crippen molar-refractivity contribution in [3.63, 3.8) is 0 Å². The fraction of sp³-hybridized carbons (Fsp3) is 0.250. The van der Waals surface area contributed by atoms with Crippen LogP contribution in [0.5, 0.6) is 5.75 Å². The summed E-state index contributed by atoms with van der Waals surface area (Å²) in [6.45, 7) is 0. The quantitative estimate of drug-likeness (QED) is 0.712. The highest BCUT2D eigenvalue weighted by Gasteiger charge is 2.56. The Kier molecular flexibility index (Phi) is 1.71. The molecule has 0 aromatic heterocycles. The minimum Gasteiger partial charge on any atom is -0.482 e. The second-order valence-electron chi connectivity index (χ2n) is 4.99. The summed E-state index contributed by atoms with van der Waals surface area (Å²) in [5.74, 6) is 1.64. The van der Waals surface area contributed by atoms with Gasteiger partial charge in [0, 0.05) is 11.5 Å². The Morgan fingerprint density at radius 1 is 0.941 bits per heavy atom. The van der Waals surface area contributed by atoms with Crippen molar-refractivity contribution in [1.29, 1.82) is 0 Å². The number of ether oxygens (including phenoxy) is 1. The van der Waals surface area contributed by atoms with Crippen molar-refractivity contribution in [2.24, 2.45) is 0 Å². The van der Waals surface area contributed by atoms with Crippen LogP contribution in [0.2, 0.25) is 0 Å². The average molecular weight is 222 g/mol. The summed E-state index contributed by atoms with van der Waals surface area (Å²) in [7, 11) is 0. The highest BCUT2D eigenvalue weighted by molar-refractivity contribution is 5.48. The van der Waals surface area contributed by atoms with Crippen molar-refractivity contribution in [3.05, 3.63) is 65.7 Å². The maximum Gasteiger partial charge on any atom is 0.141 e. The molecule has 0 spiro atoms. The lowest BCUT2D eigenvalue weighted by Gasteiger charge is -2.44. The molecule has 0 N–H and O–H groups in total. The van der Waals surface area contributed by atoms with E-state index < -0.39 is 0 Å². The number of benzene rings is 2. The molecule has 17 heavy (non-hydrogen) atoms. The van der Waals surface area contributed by atoms with E-state index in [9.17, 15) is 0 Å². The summed E-state index contributed by atoms with van der Waals surface area (Å²) in [6.07, 6.45) is 2.38. The van der Waals surface area contributed by atoms with Gasteiger partial charge < -0.3 is 4.74 Å². The van der Waals surface area contributed by atoms with Crippen LogP contribution in [0.4, 0.5) is 0 Å². The van der Waals surface area contributed by atoms with E-state index in [0.29, 0.717) is 5.92 Å². The smallest absolute Gasteiger partial charge is 0.141 e. The van der Waals surface area contributed by atoms with Crippen molar-refractivity contribution in [1.82, 2.24) is 0 Å². The summed E-state index contributed by atoms with van der Waals surface area (Å²) in [5, 5.41) is 0. The first-order chi connectivity index (χ1) is 8.40. The van der Waals surface area contributed by atoms with E-state index >= 15 is 0 Å². The Labute approximate surface area is 101 Å². The first-order valence-corrected chi connectivity index (χ1v) is 6.24. The molecule has 0 saturated heterocycles. The molecule has 0 radical (unpaired) electrons.